The van der Waals surface area contributed by atoms with Crippen LogP contribution >= 0.6 is 11.6 Å². The lowest BCUT2D eigenvalue weighted by atomic mass is 10.2. The zero-order valence-corrected chi connectivity index (χ0v) is 11.6. The summed E-state index contributed by atoms with van der Waals surface area (Å²) in [6.07, 6.45) is 6.35. The molecule has 3 rings (SSSR count). The lowest BCUT2D eigenvalue weighted by molar-refractivity contribution is 0.0931. The molecule has 19 heavy (non-hydrogen) atoms. The fraction of sp³-hybridized carbons (Fsp3) is 0.429. The molecule has 0 aliphatic heterocycles. The number of carbonyl (C=O) groups is 1. The topological polar surface area (TPSA) is 46.4 Å². The zero-order valence-electron chi connectivity index (χ0n) is 10.8. The Labute approximate surface area is 116 Å². The Hall–Kier alpha value is -1.55. The van der Waals surface area contributed by atoms with Crippen LogP contribution in [0.2, 0.25) is 5.02 Å². The van der Waals surface area contributed by atoms with E-state index >= 15 is 0 Å². The number of aromatic nitrogens is 2. The average Bonchev–Trinajstić information content (AvgIpc) is 2.95. The van der Waals surface area contributed by atoms with Gasteiger partial charge < -0.3 is 5.32 Å². The smallest absolute Gasteiger partial charge is 0.270 e. The summed E-state index contributed by atoms with van der Waals surface area (Å²) in [7, 11) is 0. The summed E-state index contributed by atoms with van der Waals surface area (Å²) in [5.74, 6) is -0.0424. The number of halogens is 1. The van der Waals surface area contributed by atoms with Gasteiger partial charge in [0.05, 0.1) is 5.69 Å². The number of nitrogens with zero attached hydrogens (tertiary/aromatic N) is 2. The molecule has 5 heteroatoms. The minimum absolute atomic E-state index is 0.0424. The highest BCUT2D eigenvalue weighted by atomic mass is 35.5. The van der Waals surface area contributed by atoms with Crippen molar-refractivity contribution in [3.63, 3.8) is 0 Å². The second-order valence-corrected chi connectivity index (χ2v) is 5.51. The van der Waals surface area contributed by atoms with E-state index in [-0.39, 0.29) is 5.91 Å². The Balaban J connectivity index is 1.94. The maximum absolute atomic E-state index is 12.4. The quantitative estimate of drug-likeness (QED) is 0.917. The Morgan fingerprint density at radius 1 is 1.47 bits per heavy atom. The number of aryl methyl sites for hydroxylation is 1. The molecule has 1 amide bonds. The van der Waals surface area contributed by atoms with Crippen LogP contribution in [0.4, 0.5) is 0 Å². The molecule has 0 aromatic carbocycles. The van der Waals surface area contributed by atoms with Crippen molar-refractivity contribution in [1.82, 2.24) is 14.7 Å². The SMILES string of the molecule is Cc1nc2cc(Cl)ccn2c1C(=O)NC1CCCC1. The first-order valence-electron chi connectivity index (χ1n) is 6.60. The minimum atomic E-state index is -0.0424. The Morgan fingerprint density at radius 3 is 2.95 bits per heavy atom. The van der Waals surface area contributed by atoms with Gasteiger partial charge in [-0.2, -0.15) is 0 Å². The molecule has 2 aromatic rings. The van der Waals surface area contributed by atoms with Crippen molar-refractivity contribution in [1.29, 1.82) is 0 Å². The second-order valence-electron chi connectivity index (χ2n) is 5.07. The van der Waals surface area contributed by atoms with Crippen LogP contribution in [0.25, 0.3) is 5.65 Å². The summed E-state index contributed by atoms with van der Waals surface area (Å²) in [5.41, 5.74) is 2.05. The van der Waals surface area contributed by atoms with Gasteiger partial charge in [-0.05, 0) is 25.8 Å². The predicted molar refractivity (Wildman–Crippen MR) is 74.7 cm³/mol. The first-order valence-corrected chi connectivity index (χ1v) is 6.98. The number of hydrogen-bond donors (Lipinski definition) is 1. The Bertz CT molecular complexity index is 629. The summed E-state index contributed by atoms with van der Waals surface area (Å²) in [6.45, 7) is 1.85. The molecule has 0 atom stereocenters. The van der Waals surface area contributed by atoms with Crippen LogP contribution in [0.15, 0.2) is 18.3 Å². The number of amides is 1. The van der Waals surface area contributed by atoms with Crippen LogP contribution in [0.5, 0.6) is 0 Å². The van der Waals surface area contributed by atoms with Crippen molar-refractivity contribution in [2.24, 2.45) is 0 Å². The lowest BCUT2D eigenvalue weighted by Gasteiger charge is -2.12. The standard InChI is InChI=1S/C14H16ClN3O/c1-9-13(14(19)17-11-4-2-3-5-11)18-7-6-10(15)8-12(18)16-9/h6-8,11H,2-5H2,1H3,(H,17,19). The normalized spacial score (nSPS) is 16.1. The molecule has 1 saturated carbocycles. The summed E-state index contributed by atoms with van der Waals surface area (Å²) in [4.78, 5) is 16.8. The largest absolute Gasteiger partial charge is 0.348 e. The number of imidazole rings is 1. The first kappa shape index (κ1) is 12.5. The Morgan fingerprint density at radius 2 is 2.21 bits per heavy atom. The molecule has 100 valence electrons. The molecule has 0 saturated heterocycles. The van der Waals surface area contributed by atoms with E-state index in [0.29, 0.717) is 22.4 Å². The van der Waals surface area contributed by atoms with Crippen molar-refractivity contribution in [2.75, 3.05) is 0 Å². The van der Waals surface area contributed by atoms with Crippen molar-refractivity contribution in [2.45, 2.75) is 38.6 Å². The van der Waals surface area contributed by atoms with Crippen molar-refractivity contribution in [3.8, 4) is 0 Å². The van der Waals surface area contributed by atoms with Gasteiger partial charge in [-0.1, -0.05) is 24.4 Å². The molecule has 0 spiro atoms. The molecule has 1 fully saturated rings. The number of nitrogens with one attached hydrogen (secondary N) is 1. The maximum Gasteiger partial charge on any atom is 0.270 e. The lowest BCUT2D eigenvalue weighted by Crippen LogP contribution is -2.33. The molecule has 2 heterocycles. The third-order valence-corrected chi connectivity index (χ3v) is 3.90. The maximum atomic E-state index is 12.4. The summed E-state index contributed by atoms with van der Waals surface area (Å²) in [5, 5.41) is 3.72. The van der Waals surface area contributed by atoms with Gasteiger partial charge in [0.2, 0.25) is 0 Å². The molecule has 0 bridgehead atoms. The monoisotopic (exact) mass is 277 g/mol. The zero-order chi connectivity index (χ0) is 13.4. The first-order chi connectivity index (χ1) is 9.15. The molecule has 1 aliphatic carbocycles. The van der Waals surface area contributed by atoms with Gasteiger partial charge in [0, 0.05) is 23.3 Å². The highest BCUT2D eigenvalue weighted by Crippen LogP contribution is 2.20. The van der Waals surface area contributed by atoms with Crippen LogP contribution < -0.4 is 5.32 Å². The Kier molecular flexibility index (Phi) is 3.19. The van der Waals surface area contributed by atoms with Crippen LogP contribution in [0.3, 0.4) is 0 Å². The third-order valence-electron chi connectivity index (χ3n) is 3.67. The van der Waals surface area contributed by atoms with E-state index in [1.165, 1.54) is 12.8 Å². The number of hydrogen-bond acceptors (Lipinski definition) is 2. The van der Waals surface area contributed by atoms with Gasteiger partial charge in [0.25, 0.3) is 5.91 Å². The van der Waals surface area contributed by atoms with Crippen molar-refractivity contribution < 1.29 is 4.79 Å². The van der Waals surface area contributed by atoms with Crippen molar-refractivity contribution >= 4 is 23.2 Å². The summed E-state index contributed by atoms with van der Waals surface area (Å²) < 4.78 is 1.80. The molecule has 1 N–H and O–H groups in total. The fourth-order valence-corrected chi connectivity index (χ4v) is 2.89. The van der Waals surface area contributed by atoms with E-state index in [0.717, 1.165) is 18.5 Å². The van der Waals surface area contributed by atoms with E-state index in [1.807, 2.05) is 6.92 Å². The summed E-state index contributed by atoms with van der Waals surface area (Å²) >= 11 is 5.94. The van der Waals surface area contributed by atoms with E-state index in [4.69, 9.17) is 11.6 Å². The second kappa shape index (κ2) is 4.85. The van der Waals surface area contributed by atoms with Crippen molar-refractivity contribution in [3.05, 3.63) is 34.7 Å². The molecule has 2 aromatic heterocycles. The molecule has 4 nitrogen and oxygen atoms in total. The number of rotatable bonds is 2. The van der Waals surface area contributed by atoms with Gasteiger partial charge in [-0.3, -0.25) is 9.20 Å². The van der Waals surface area contributed by atoms with Crippen LogP contribution in [-0.2, 0) is 0 Å². The minimum Gasteiger partial charge on any atom is -0.348 e. The van der Waals surface area contributed by atoms with Gasteiger partial charge in [0.1, 0.15) is 11.3 Å². The van der Waals surface area contributed by atoms with Gasteiger partial charge in [-0.25, -0.2) is 4.98 Å². The van der Waals surface area contributed by atoms with Crippen LogP contribution in [0.1, 0.15) is 41.9 Å². The van der Waals surface area contributed by atoms with Gasteiger partial charge >= 0.3 is 0 Å². The number of pyridine rings is 1. The van der Waals surface area contributed by atoms with E-state index < -0.39 is 0 Å². The highest BCUT2D eigenvalue weighted by Gasteiger charge is 2.22. The van der Waals surface area contributed by atoms with Gasteiger partial charge in [-0.15, -0.1) is 0 Å². The number of carbonyl (C=O) groups excluding carboxylic acids is 1. The third kappa shape index (κ3) is 2.32. The van der Waals surface area contributed by atoms with Crippen LogP contribution in [-0.4, -0.2) is 21.3 Å². The molecule has 0 unspecified atom stereocenters. The molecular formula is C14H16ClN3O. The highest BCUT2D eigenvalue weighted by molar-refractivity contribution is 6.30. The van der Waals surface area contributed by atoms with E-state index in [9.17, 15) is 4.79 Å². The average molecular weight is 278 g/mol. The number of fused-ring (bicyclic) bond motifs is 1. The fourth-order valence-electron chi connectivity index (χ4n) is 2.74. The predicted octanol–water partition coefficient (Wildman–Crippen LogP) is 2.97. The molecule has 0 radical (unpaired) electrons. The van der Waals surface area contributed by atoms with Gasteiger partial charge in [0.15, 0.2) is 0 Å². The summed E-state index contributed by atoms with van der Waals surface area (Å²) in [6, 6.07) is 3.84. The van der Waals surface area contributed by atoms with E-state index in [2.05, 4.69) is 10.3 Å². The molecule has 1 aliphatic rings. The van der Waals surface area contributed by atoms with Crippen LogP contribution in [0, 0.1) is 6.92 Å². The molecular weight excluding hydrogens is 262 g/mol. The van der Waals surface area contributed by atoms with E-state index in [1.54, 1.807) is 22.7 Å².